The van der Waals surface area contributed by atoms with E-state index in [1.54, 1.807) is 24.3 Å². The highest BCUT2D eigenvalue weighted by Crippen LogP contribution is 2.37. The molecule has 6 heteroatoms. The first-order valence-electron chi connectivity index (χ1n) is 8.47. The van der Waals surface area contributed by atoms with Crippen molar-refractivity contribution in [3.8, 4) is 11.1 Å². The Morgan fingerprint density at radius 3 is 2.59 bits per heavy atom. The standard InChI is InChI=1S/C21H16FN3O2/c22-17-8-6-14(19-15(17)7-9-18(19)26)13-3-1-2-11-4-5-12(10-16(11)13)20(27)25-21(23)24/h1-6,8,10H,7,9H2,(H4,23,24,25,27). The number of hydrogen-bond donors (Lipinski definition) is 2. The van der Waals surface area contributed by atoms with E-state index < -0.39 is 5.91 Å². The van der Waals surface area contributed by atoms with Crippen molar-refractivity contribution in [2.45, 2.75) is 12.8 Å². The summed E-state index contributed by atoms with van der Waals surface area (Å²) in [6.07, 6.45) is 0.717. The van der Waals surface area contributed by atoms with Crippen LogP contribution in [-0.4, -0.2) is 17.6 Å². The van der Waals surface area contributed by atoms with Crippen LogP contribution in [0.3, 0.4) is 0 Å². The summed E-state index contributed by atoms with van der Waals surface area (Å²) in [4.78, 5) is 28.1. The highest BCUT2D eigenvalue weighted by molar-refractivity contribution is 6.11. The number of carbonyl (C=O) groups excluding carboxylic acids is 2. The number of ketones is 1. The minimum absolute atomic E-state index is 0.0655. The molecular formula is C21H16FN3O2. The van der Waals surface area contributed by atoms with Crippen LogP contribution >= 0.6 is 0 Å². The Bertz CT molecular complexity index is 1150. The summed E-state index contributed by atoms with van der Waals surface area (Å²) in [6, 6.07) is 13.8. The van der Waals surface area contributed by atoms with Gasteiger partial charge in [0.25, 0.3) is 5.91 Å². The van der Waals surface area contributed by atoms with Crippen LogP contribution in [0.25, 0.3) is 21.9 Å². The normalized spacial score (nSPS) is 12.9. The maximum atomic E-state index is 14.1. The Hall–Kier alpha value is -3.54. The largest absolute Gasteiger partial charge is 0.370 e. The number of guanidine groups is 1. The van der Waals surface area contributed by atoms with E-state index in [4.69, 9.17) is 11.5 Å². The van der Waals surface area contributed by atoms with E-state index in [0.29, 0.717) is 35.1 Å². The van der Waals surface area contributed by atoms with E-state index in [9.17, 15) is 14.0 Å². The van der Waals surface area contributed by atoms with E-state index in [2.05, 4.69) is 4.99 Å². The lowest BCUT2D eigenvalue weighted by Crippen LogP contribution is -2.24. The Kier molecular flexibility index (Phi) is 3.96. The first-order chi connectivity index (χ1) is 13.0. The average Bonchev–Trinajstić information content (AvgIpc) is 3.04. The van der Waals surface area contributed by atoms with Gasteiger partial charge < -0.3 is 11.5 Å². The van der Waals surface area contributed by atoms with Crippen LogP contribution in [0.5, 0.6) is 0 Å². The van der Waals surface area contributed by atoms with E-state index in [1.807, 2.05) is 18.2 Å². The van der Waals surface area contributed by atoms with E-state index in [0.717, 1.165) is 16.3 Å². The summed E-state index contributed by atoms with van der Waals surface area (Å²) in [5.74, 6) is -1.28. The molecule has 0 bridgehead atoms. The third-order valence-electron chi connectivity index (χ3n) is 4.79. The molecule has 0 heterocycles. The second kappa shape index (κ2) is 6.32. The van der Waals surface area contributed by atoms with Crippen molar-refractivity contribution in [2.24, 2.45) is 16.5 Å². The van der Waals surface area contributed by atoms with Gasteiger partial charge in [0, 0.05) is 17.5 Å². The number of carbonyl (C=O) groups is 2. The predicted molar refractivity (Wildman–Crippen MR) is 102 cm³/mol. The Morgan fingerprint density at radius 1 is 1.00 bits per heavy atom. The molecule has 0 aliphatic heterocycles. The van der Waals surface area contributed by atoms with Gasteiger partial charge >= 0.3 is 0 Å². The number of hydrogen-bond acceptors (Lipinski definition) is 2. The molecule has 0 aromatic heterocycles. The third-order valence-corrected chi connectivity index (χ3v) is 4.79. The molecular weight excluding hydrogens is 345 g/mol. The lowest BCUT2D eigenvalue weighted by Gasteiger charge is -2.12. The van der Waals surface area contributed by atoms with Gasteiger partial charge in [-0.3, -0.25) is 9.59 Å². The van der Waals surface area contributed by atoms with Crippen LogP contribution in [-0.2, 0) is 6.42 Å². The molecule has 0 saturated heterocycles. The number of amides is 1. The van der Waals surface area contributed by atoms with Crippen LogP contribution in [0, 0.1) is 5.82 Å². The summed E-state index contributed by atoms with van der Waals surface area (Å²) in [5.41, 5.74) is 13.2. The molecule has 1 aliphatic carbocycles. The van der Waals surface area contributed by atoms with Crippen LogP contribution in [0.2, 0.25) is 0 Å². The minimum atomic E-state index is -0.549. The fourth-order valence-electron chi connectivity index (χ4n) is 3.60. The number of aliphatic imine (C=N–C) groups is 1. The molecule has 1 amide bonds. The average molecular weight is 361 g/mol. The summed E-state index contributed by atoms with van der Waals surface area (Å²) in [7, 11) is 0. The van der Waals surface area contributed by atoms with Crippen molar-refractivity contribution >= 4 is 28.4 Å². The highest BCUT2D eigenvalue weighted by atomic mass is 19.1. The smallest absolute Gasteiger partial charge is 0.280 e. The molecule has 4 rings (SSSR count). The quantitative estimate of drug-likeness (QED) is 0.541. The maximum Gasteiger partial charge on any atom is 0.280 e. The topological polar surface area (TPSA) is 98.5 Å². The molecule has 4 N–H and O–H groups in total. The molecule has 0 fully saturated rings. The van der Waals surface area contributed by atoms with Crippen molar-refractivity contribution in [1.29, 1.82) is 0 Å². The zero-order chi connectivity index (χ0) is 19.1. The number of nitrogens with zero attached hydrogens (tertiary/aromatic N) is 1. The first kappa shape index (κ1) is 16.9. The van der Waals surface area contributed by atoms with Gasteiger partial charge in [0.1, 0.15) is 5.82 Å². The van der Waals surface area contributed by atoms with Crippen LogP contribution < -0.4 is 11.5 Å². The van der Waals surface area contributed by atoms with E-state index >= 15 is 0 Å². The summed E-state index contributed by atoms with van der Waals surface area (Å²) >= 11 is 0. The number of nitrogens with two attached hydrogens (primary N) is 2. The molecule has 134 valence electrons. The van der Waals surface area contributed by atoms with Crippen molar-refractivity contribution in [3.63, 3.8) is 0 Å². The van der Waals surface area contributed by atoms with Gasteiger partial charge in [-0.25, -0.2) is 4.39 Å². The van der Waals surface area contributed by atoms with Crippen molar-refractivity contribution < 1.29 is 14.0 Å². The Labute approximate surface area is 154 Å². The predicted octanol–water partition coefficient (Wildman–Crippen LogP) is 3.19. The van der Waals surface area contributed by atoms with Crippen LogP contribution in [0.4, 0.5) is 4.39 Å². The van der Waals surface area contributed by atoms with E-state index in [1.165, 1.54) is 6.07 Å². The molecule has 1 aliphatic rings. The van der Waals surface area contributed by atoms with Crippen LogP contribution in [0.1, 0.15) is 32.7 Å². The van der Waals surface area contributed by atoms with Crippen molar-refractivity contribution in [2.75, 3.05) is 0 Å². The second-order valence-electron chi connectivity index (χ2n) is 6.45. The first-order valence-corrected chi connectivity index (χ1v) is 8.47. The number of rotatable bonds is 2. The summed E-state index contributed by atoms with van der Waals surface area (Å²) in [5, 5.41) is 1.65. The minimum Gasteiger partial charge on any atom is -0.370 e. The molecule has 0 radical (unpaired) electrons. The van der Waals surface area contributed by atoms with Gasteiger partial charge in [-0.2, -0.15) is 4.99 Å². The SMILES string of the molecule is NC(N)=NC(=O)c1ccc2cccc(-c3ccc(F)c4c3C(=O)CC4)c2c1. The summed E-state index contributed by atoms with van der Waals surface area (Å²) < 4.78 is 14.1. The van der Waals surface area contributed by atoms with Gasteiger partial charge in [0.2, 0.25) is 0 Å². The van der Waals surface area contributed by atoms with Gasteiger partial charge in [-0.1, -0.05) is 30.3 Å². The third kappa shape index (κ3) is 2.85. The zero-order valence-corrected chi connectivity index (χ0v) is 14.3. The van der Waals surface area contributed by atoms with Crippen LogP contribution in [0.15, 0.2) is 53.5 Å². The molecule has 0 unspecified atom stereocenters. The van der Waals surface area contributed by atoms with Crippen molar-refractivity contribution in [3.05, 3.63) is 71.0 Å². The fraction of sp³-hybridized carbons (Fsp3) is 0.0952. The molecule has 0 spiro atoms. The number of halogens is 1. The molecule has 0 saturated carbocycles. The lowest BCUT2D eigenvalue weighted by molar-refractivity contribution is 0.0989. The zero-order valence-electron chi connectivity index (χ0n) is 14.3. The molecule has 3 aromatic carbocycles. The molecule has 27 heavy (non-hydrogen) atoms. The molecule has 0 atom stereocenters. The number of Topliss-reactive ketones (excluding diaryl/α,β-unsaturated/α-hetero) is 1. The highest BCUT2D eigenvalue weighted by Gasteiger charge is 2.27. The van der Waals surface area contributed by atoms with Gasteiger partial charge in [0.15, 0.2) is 11.7 Å². The van der Waals surface area contributed by atoms with E-state index in [-0.39, 0.29) is 17.6 Å². The molecule has 5 nitrogen and oxygen atoms in total. The van der Waals surface area contributed by atoms with Gasteiger partial charge in [-0.05, 0) is 52.1 Å². The number of benzene rings is 3. The second-order valence-corrected chi connectivity index (χ2v) is 6.45. The molecule has 3 aromatic rings. The van der Waals surface area contributed by atoms with Crippen molar-refractivity contribution in [1.82, 2.24) is 0 Å². The Morgan fingerprint density at radius 2 is 1.81 bits per heavy atom. The van der Waals surface area contributed by atoms with Gasteiger partial charge in [0.05, 0.1) is 0 Å². The maximum absolute atomic E-state index is 14.1. The lowest BCUT2D eigenvalue weighted by atomic mass is 9.91. The fourth-order valence-corrected chi connectivity index (χ4v) is 3.60. The summed E-state index contributed by atoms with van der Waals surface area (Å²) in [6.45, 7) is 0. The monoisotopic (exact) mass is 361 g/mol. The number of fused-ring (bicyclic) bond motifs is 2. The van der Waals surface area contributed by atoms with Gasteiger partial charge in [-0.15, -0.1) is 0 Å². The Balaban J connectivity index is 1.96.